The maximum atomic E-state index is 12.0. The number of carbonyl (C=O) groups excluding carboxylic acids is 2. The number of nitrogens with one attached hydrogen (secondary N) is 3. The zero-order chi connectivity index (χ0) is 19.9. The van der Waals surface area contributed by atoms with Gasteiger partial charge in [0.2, 0.25) is 11.8 Å². The summed E-state index contributed by atoms with van der Waals surface area (Å²) in [5.41, 5.74) is 5.02. The summed E-state index contributed by atoms with van der Waals surface area (Å²) >= 11 is 1.45. The van der Waals surface area contributed by atoms with Crippen LogP contribution in [0.1, 0.15) is 20.3 Å². The van der Waals surface area contributed by atoms with Crippen molar-refractivity contribution in [3.05, 3.63) is 42.5 Å². The lowest BCUT2D eigenvalue weighted by Crippen LogP contribution is -3.15. The Hall–Kier alpha value is -2.09. The van der Waals surface area contributed by atoms with Gasteiger partial charge in [0.15, 0.2) is 0 Å². The summed E-state index contributed by atoms with van der Waals surface area (Å²) in [6.07, 6.45) is 0.814. The molecule has 0 saturated carbocycles. The molecule has 2 amide bonds. The molecule has 2 atom stereocenters. The zero-order valence-corrected chi connectivity index (χ0v) is 17.2. The molecular weight excluding hydrogens is 374 g/mol. The summed E-state index contributed by atoms with van der Waals surface area (Å²) in [5.74, 6) is -0.127. The summed E-state index contributed by atoms with van der Waals surface area (Å²) in [7, 11) is 0. The zero-order valence-electron chi connectivity index (χ0n) is 16.4. The summed E-state index contributed by atoms with van der Waals surface area (Å²) < 4.78 is 5.71. The van der Waals surface area contributed by atoms with Crippen LogP contribution >= 0.6 is 11.8 Å². The maximum Gasteiger partial charge on any atom is 0.248 e. The Morgan fingerprint density at radius 3 is 2.46 bits per heavy atom. The van der Waals surface area contributed by atoms with Crippen molar-refractivity contribution in [2.24, 2.45) is 0 Å². The van der Waals surface area contributed by atoms with Gasteiger partial charge in [-0.05, 0) is 36.8 Å². The molecular formula is C21H28N3O3S+. The Balaban J connectivity index is 1.36. The second kappa shape index (κ2) is 9.91. The molecule has 150 valence electrons. The number of hydrogen-bond acceptors (Lipinski definition) is 4. The predicted molar refractivity (Wildman–Crippen MR) is 111 cm³/mol. The average molecular weight is 403 g/mol. The number of quaternary nitrogens is 1. The van der Waals surface area contributed by atoms with Crippen molar-refractivity contribution in [1.29, 1.82) is 0 Å². The quantitative estimate of drug-likeness (QED) is 0.501. The van der Waals surface area contributed by atoms with Gasteiger partial charge in [0.1, 0.15) is 25.3 Å². The largest absolute Gasteiger partial charge is 0.364 e. The van der Waals surface area contributed by atoms with Gasteiger partial charge >= 0.3 is 0 Å². The average Bonchev–Trinajstić information content (AvgIpc) is 2.68. The fourth-order valence-electron chi connectivity index (χ4n) is 3.53. The molecule has 1 heterocycles. The van der Waals surface area contributed by atoms with Crippen molar-refractivity contribution in [3.8, 4) is 0 Å². The number of morpholine rings is 1. The van der Waals surface area contributed by atoms with Crippen LogP contribution in [0.5, 0.6) is 0 Å². The minimum Gasteiger partial charge on any atom is -0.364 e. The molecule has 3 rings (SSSR count). The van der Waals surface area contributed by atoms with E-state index in [1.807, 2.05) is 24.3 Å². The van der Waals surface area contributed by atoms with Crippen LogP contribution in [-0.4, -0.2) is 49.4 Å². The van der Waals surface area contributed by atoms with Crippen LogP contribution < -0.4 is 15.8 Å². The number of ether oxygens (including phenoxy) is 1. The minimum atomic E-state index is -0.215. The molecule has 2 aromatic carbocycles. The highest BCUT2D eigenvalue weighted by Gasteiger charge is 2.25. The molecule has 28 heavy (non-hydrogen) atoms. The van der Waals surface area contributed by atoms with E-state index in [1.165, 1.54) is 22.0 Å². The first-order valence-electron chi connectivity index (χ1n) is 9.68. The van der Waals surface area contributed by atoms with Crippen molar-refractivity contribution in [2.75, 3.05) is 25.4 Å². The van der Waals surface area contributed by atoms with E-state index in [4.69, 9.17) is 4.74 Å². The summed E-state index contributed by atoms with van der Waals surface area (Å²) in [4.78, 5) is 26.4. The number of benzene rings is 2. The number of fused-ring (bicyclic) bond motifs is 1. The van der Waals surface area contributed by atoms with E-state index in [0.29, 0.717) is 6.42 Å². The van der Waals surface area contributed by atoms with Crippen molar-refractivity contribution in [1.82, 2.24) is 10.9 Å². The number of thioether (sulfide) groups is 1. The predicted octanol–water partition coefficient (Wildman–Crippen LogP) is 1.16. The van der Waals surface area contributed by atoms with Crippen LogP contribution in [0.4, 0.5) is 0 Å². The van der Waals surface area contributed by atoms with Crippen LogP contribution in [-0.2, 0) is 14.3 Å². The van der Waals surface area contributed by atoms with Gasteiger partial charge in [0, 0.05) is 4.90 Å². The Bertz CT molecular complexity index is 819. The number of rotatable bonds is 6. The van der Waals surface area contributed by atoms with Crippen molar-refractivity contribution in [2.45, 2.75) is 37.4 Å². The smallest absolute Gasteiger partial charge is 0.248 e. The summed E-state index contributed by atoms with van der Waals surface area (Å²) in [5, 5.41) is 2.32. The van der Waals surface area contributed by atoms with E-state index in [0.717, 1.165) is 29.9 Å². The van der Waals surface area contributed by atoms with E-state index in [2.05, 4.69) is 42.9 Å². The molecule has 3 N–H and O–H groups in total. The molecule has 7 heteroatoms. The highest BCUT2D eigenvalue weighted by molar-refractivity contribution is 8.00. The molecule has 0 spiro atoms. The second-order valence-corrected chi connectivity index (χ2v) is 8.36. The first kappa shape index (κ1) is 20.6. The van der Waals surface area contributed by atoms with E-state index in [-0.39, 0.29) is 29.8 Å². The summed E-state index contributed by atoms with van der Waals surface area (Å²) in [6.45, 7) is 6.68. The van der Waals surface area contributed by atoms with Gasteiger partial charge in [-0.1, -0.05) is 30.3 Å². The van der Waals surface area contributed by atoms with Crippen molar-refractivity contribution >= 4 is 34.3 Å². The fraction of sp³-hybridized carbons (Fsp3) is 0.429. The van der Waals surface area contributed by atoms with E-state index >= 15 is 0 Å². The third kappa shape index (κ3) is 6.22. The standard InChI is InChI=1S/C21H27N3O3S/c1-15-12-24(13-16(2)27-15)10-9-20(25)22-23-21(26)14-28-19-8-7-17-5-3-4-6-18(17)11-19/h3-8,11,15-16H,9-10,12-14H2,1-2H3,(H,22,25)(H,23,26)/p+1/t15-,16-/m1/s1. The van der Waals surface area contributed by atoms with E-state index in [1.54, 1.807) is 0 Å². The van der Waals surface area contributed by atoms with Gasteiger partial charge in [-0.3, -0.25) is 20.4 Å². The number of hydrazine groups is 1. The van der Waals surface area contributed by atoms with Crippen LogP contribution in [0, 0.1) is 0 Å². The number of carbonyl (C=O) groups is 2. The van der Waals surface area contributed by atoms with Crippen LogP contribution in [0.3, 0.4) is 0 Å². The third-order valence-electron chi connectivity index (χ3n) is 4.75. The van der Waals surface area contributed by atoms with E-state index < -0.39 is 0 Å². The van der Waals surface area contributed by atoms with Gasteiger partial charge in [-0.2, -0.15) is 0 Å². The maximum absolute atomic E-state index is 12.0. The first-order chi connectivity index (χ1) is 13.5. The highest BCUT2D eigenvalue weighted by atomic mass is 32.2. The molecule has 2 aromatic rings. The minimum absolute atomic E-state index is 0.164. The Morgan fingerprint density at radius 2 is 1.71 bits per heavy atom. The lowest BCUT2D eigenvalue weighted by atomic mass is 10.1. The van der Waals surface area contributed by atoms with E-state index in [9.17, 15) is 9.59 Å². The molecule has 0 unspecified atom stereocenters. The molecule has 0 aliphatic carbocycles. The molecule has 6 nitrogen and oxygen atoms in total. The molecule has 1 fully saturated rings. The molecule has 0 radical (unpaired) electrons. The van der Waals surface area contributed by atoms with Crippen molar-refractivity contribution in [3.63, 3.8) is 0 Å². The van der Waals surface area contributed by atoms with Crippen LogP contribution in [0.15, 0.2) is 47.4 Å². The molecule has 0 aromatic heterocycles. The fourth-order valence-corrected chi connectivity index (χ4v) is 4.27. The SMILES string of the molecule is C[C@@H]1C[NH+](CCC(=O)NNC(=O)CSc2ccc3ccccc3c2)C[C@@H](C)O1. The third-order valence-corrected chi connectivity index (χ3v) is 5.75. The molecule has 0 bridgehead atoms. The van der Waals surface area contributed by atoms with Crippen LogP contribution in [0.2, 0.25) is 0 Å². The highest BCUT2D eigenvalue weighted by Crippen LogP contribution is 2.23. The Labute approximate surface area is 170 Å². The topological polar surface area (TPSA) is 71.9 Å². The van der Waals surface area contributed by atoms with Gasteiger partial charge in [0.05, 0.1) is 18.7 Å². The molecule has 1 saturated heterocycles. The number of amides is 2. The van der Waals surface area contributed by atoms with Gasteiger partial charge < -0.3 is 9.64 Å². The van der Waals surface area contributed by atoms with Crippen molar-refractivity contribution < 1.29 is 19.2 Å². The normalized spacial score (nSPS) is 22.0. The molecule has 1 aliphatic rings. The Morgan fingerprint density at radius 1 is 1.04 bits per heavy atom. The monoisotopic (exact) mass is 402 g/mol. The summed E-state index contributed by atoms with van der Waals surface area (Å²) in [6, 6.07) is 14.2. The lowest BCUT2D eigenvalue weighted by Gasteiger charge is -2.32. The molecule has 1 aliphatic heterocycles. The van der Waals surface area contributed by atoms with Gasteiger partial charge in [0.25, 0.3) is 0 Å². The van der Waals surface area contributed by atoms with Crippen LogP contribution in [0.25, 0.3) is 10.8 Å². The van der Waals surface area contributed by atoms with Gasteiger partial charge in [-0.25, -0.2) is 0 Å². The lowest BCUT2D eigenvalue weighted by molar-refractivity contribution is -0.914. The first-order valence-corrected chi connectivity index (χ1v) is 10.7. The second-order valence-electron chi connectivity index (χ2n) is 7.31. The number of hydrogen-bond donors (Lipinski definition) is 3. The Kier molecular flexibility index (Phi) is 7.30. The van der Waals surface area contributed by atoms with Gasteiger partial charge in [-0.15, -0.1) is 11.8 Å².